The van der Waals surface area contributed by atoms with E-state index in [1.54, 1.807) is 24.3 Å². The Balaban J connectivity index is 1.98. The minimum Gasteiger partial charge on any atom is -0.504 e. The van der Waals surface area contributed by atoms with Crippen molar-refractivity contribution in [1.29, 1.82) is 0 Å². The Labute approximate surface area is 174 Å². The van der Waals surface area contributed by atoms with Gasteiger partial charge in [0.1, 0.15) is 5.75 Å². The molecule has 0 unspecified atom stereocenters. The van der Waals surface area contributed by atoms with Crippen LogP contribution in [-0.2, 0) is 16.5 Å². The van der Waals surface area contributed by atoms with Gasteiger partial charge in [0.2, 0.25) is 0 Å². The molecule has 0 saturated carbocycles. The summed E-state index contributed by atoms with van der Waals surface area (Å²) in [5.74, 6) is 0.419. The van der Waals surface area contributed by atoms with Gasteiger partial charge in [0.05, 0.1) is 4.90 Å². The van der Waals surface area contributed by atoms with E-state index in [0.717, 1.165) is 25.3 Å². The van der Waals surface area contributed by atoms with E-state index < -0.39 is 10.1 Å². The molecule has 0 aliphatic heterocycles. The maximum atomic E-state index is 11.6. The zero-order chi connectivity index (χ0) is 21.1. The molecule has 0 aliphatic rings. The highest BCUT2D eigenvalue weighted by atomic mass is 32.2. The van der Waals surface area contributed by atoms with E-state index in [1.165, 1.54) is 44.6 Å². The lowest BCUT2D eigenvalue weighted by molar-refractivity contribution is 0.403. The molecule has 0 atom stereocenters. The number of para-hydroxylation sites is 1. The first-order valence-electron chi connectivity index (χ1n) is 10.5. The molecular formula is C23H32O5S. The molecule has 0 saturated heterocycles. The Bertz CT molecular complexity index is 847. The summed E-state index contributed by atoms with van der Waals surface area (Å²) in [6, 6.07) is 11.3. The van der Waals surface area contributed by atoms with Crippen LogP contribution in [0.2, 0.25) is 0 Å². The Kier molecular flexibility index (Phi) is 9.48. The van der Waals surface area contributed by atoms with Gasteiger partial charge >= 0.3 is 0 Å². The van der Waals surface area contributed by atoms with Crippen LogP contribution in [0.3, 0.4) is 0 Å². The second-order valence-corrected chi connectivity index (χ2v) is 8.82. The molecule has 0 heterocycles. The fraction of sp³-hybridized carbons (Fsp3) is 0.478. The molecule has 0 bridgehead atoms. The van der Waals surface area contributed by atoms with Gasteiger partial charge in [0.25, 0.3) is 10.1 Å². The summed E-state index contributed by atoms with van der Waals surface area (Å²) in [6.07, 6.45) is 11.1. The van der Waals surface area contributed by atoms with Gasteiger partial charge < -0.3 is 9.84 Å². The second-order valence-electron chi connectivity index (χ2n) is 7.40. The summed E-state index contributed by atoms with van der Waals surface area (Å²) in [6.45, 7) is 2.21. The predicted octanol–water partition coefficient (Wildman–Crippen LogP) is 6.50. The molecule has 0 radical (unpaired) electrons. The third-order valence-corrected chi connectivity index (χ3v) is 5.78. The lowest BCUT2D eigenvalue weighted by Crippen LogP contribution is -2.01. The van der Waals surface area contributed by atoms with E-state index in [4.69, 9.17) is 4.74 Å². The third kappa shape index (κ3) is 8.07. The van der Waals surface area contributed by atoms with Gasteiger partial charge in [-0.2, -0.15) is 8.42 Å². The summed E-state index contributed by atoms with van der Waals surface area (Å²) in [5, 5.41) is 10.6. The molecule has 6 heteroatoms. The van der Waals surface area contributed by atoms with E-state index >= 15 is 0 Å². The topological polar surface area (TPSA) is 83.8 Å². The monoisotopic (exact) mass is 420 g/mol. The van der Waals surface area contributed by atoms with Crippen LogP contribution in [0.1, 0.15) is 70.3 Å². The lowest BCUT2D eigenvalue weighted by Gasteiger charge is -2.13. The lowest BCUT2D eigenvalue weighted by atomic mass is 10.0. The Morgan fingerprint density at radius 1 is 0.862 bits per heavy atom. The van der Waals surface area contributed by atoms with E-state index in [2.05, 4.69) is 6.92 Å². The maximum Gasteiger partial charge on any atom is 0.294 e. The molecule has 2 aromatic rings. The van der Waals surface area contributed by atoms with Crippen molar-refractivity contribution in [3.05, 3.63) is 48.0 Å². The number of aryl methyl sites for hydroxylation is 1. The van der Waals surface area contributed by atoms with Gasteiger partial charge in [-0.15, -0.1) is 0 Å². The van der Waals surface area contributed by atoms with Gasteiger partial charge in [-0.05, 0) is 36.6 Å². The quantitative estimate of drug-likeness (QED) is 0.285. The first-order valence-corrected chi connectivity index (χ1v) is 11.9. The third-order valence-electron chi connectivity index (χ3n) is 4.95. The van der Waals surface area contributed by atoms with Crippen LogP contribution in [0.25, 0.3) is 0 Å². The van der Waals surface area contributed by atoms with Gasteiger partial charge in [0.15, 0.2) is 11.5 Å². The van der Waals surface area contributed by atoms with Crippen molar-refractivity contribution in [2.24, 2.45) is 0 Å². The summed E-state index contributed by atoms with van der Waals surface area (Å²) in [5.41, 5.74) is 0.467. The molecule has 2 N–H and O–H groups in total. The molecule has 2 rings (SSSR count). The Hall–Kier alpha value is -2.05. The molecule has 5 nitrogen and oxygen atoms in total. The van der Waals surface area contributed by atoms with Crippen LogP contribution < -0.4 is 4.74 Å². The summed E-state index contributed by atoms with van der Waals surface area (Å²) in [7, 11) is -4.40. The molecule has 0 amide bonds. The molecular weight excluding hydrogens is 388 g/mol. The van der Waals surface area contributed by atoms with Gasteiger partial charge in [-0.25, -0.2) is 0 Å². The normalized spacial score (nSPS) is 11.5. The van der Waals surface area contributed by atoms with Crippen LogP contribution in [0.5, 0.6) is 17.2 Å². The number of unbranched alkanes of at least 4 members (excludes halogenated alkanes) is 8. The Morgan fingerprint density at radius 3 is 2.03 bits per heavy atom. The molecule has 0 spiro atoms. The number of ether oxygens (including phenoxy) is 1. The smallest absolute Gasteiger partial charge is 0.294 e. The van der Waals surface area contributed by atoms with Crippen molar-refractivity contribution >= 4 is 10.1 Å². The second kappa shape index (κ2) is 11.8. The van der Waals surface area contributed by atoms with E-state index in [-0.39, 0.29) is 16.4 Å². The SMILES string of the molecule is CCCCCCCCCCCc1cc(S(=O)(=O)O)cc(Oc2ccccc2)c1O. The number of phenols is 1. The van der Waals surface area contributed by atoms with Crippen LogP contribution >= 0.6 is 0 Å². The molecule has 29 heavy (non-hydrogen) atoms. The summed E-state index contributed by atoms with van der Waals surface area (Å²) >= 11 is 0. The number of phenolic OH excluding ortho intramolecular Hbond substituents is 1. The Morgan fingerprint density at radius 2 is 1.45 bits per heavy atom. The summed E-state index contributed by atoms with van der Waals surface area (Å²) < 4.78 is 38.4. The van der Waals surface area contributed by atoms with Crippen molar-refractivity contribution in [1.82, 2.24) is 0 Å². The van der Waals surface area contributed by atoms with Crippen LogP contribution in [0.4, 0.5) is 0 Å². The number of hydrogen-bond acceptors (Lipinski definition) is 4. The fourth-order valence-electron chi connectivity index (χ4n) is 3.30. The summed E-state index contributed by atoms with van der Waals surface area (Å²) in [4.78, 5) is -0.271. The highest BCUT2D eigenvalue weighted by Crippen LogP contribution is 2.37. The number of rotatable bonds is 13. The average Bonchev–Trinajstić information content (AvgIpc) is 2.69. The first-order chi connectivity index (χ1) is 13.9. The predicted molar refractivity (Wildman–Crippen MR) is 115 cm³/mol. The largest absolute Gasteiger partial charge is 0.504 e. The van der Waals surface area contributed by atoms with Crippen molar-refractivity contribution in [2.75, 3.05) is 0 Å². The fourth-order valence-corrected chi connectivity index (χ4v) is 3.84. The van der Waals surface area contributed by atoms with Crippen molar-refractivity contribution in [3.8, 4) is 17.2 Å². The van der Waals surface area contributed by atoms with E-state index in [9.17, 15) is 18.1 Å². The van der Waals surface area contributed by atoms with E-state index in [1.807, 2.05) is 6.07 Å². The zero-order valence-corrected chi connectivity index (χ0v) is 18.0. The van der Waals surface area contributed by atoms with E-state index in [0.29, 0.717) is 17.7 Å². The van der Waals surface area contributed by atoms with Crippen LogP contribution in [0.15, 0.2) is 47.4 Å². The maximum absolute atomic E-state index is 11.6. The highest BCUT2D eigenvalue weighted by Gasteiger charge is 2.18. The van der Waals surface area contributed by atoms with Gasteiger partial charge in [-0.1, -0.05) is 76.5 Å². The minimum atomic E-state index is -4.40. The number of hydrogen-bond donors (Lipinski definition) is 2. The number of aromatic hydroxyl groups is 1. The van der Waals surface area contributed by atoms with Crippen LogP contribution in [0, 0.1) is 0 Å². The molecule has 0 aromatic heterocycles. The highest BCUT2D eigenvalue weighted by molar-refractivity contribution is 7.85. The molecule has 2 aromatic carbocycles. The van der Waals surface area contributed by atoms with Gasteiger partial charge in [-0.3, -0.25) is 4.55 Å². The van der Waals surface area contributed by atoms with Crippen molar-refractivity contribution in [3.63, 3.8) is 0 Å². The standard InChI is InChI=1S/C23H32O5S/c1-2-3-4-5-6-7-8-9-11-14-19-17-21(29(25,26)27)18-22(23(19)24)28-20-15-12-10-13-16-20/h10,12-13,15-18,24H,2-9,11,14H2,1H3,(H,25,26,27). The number of benzene rings is 2. The van der Waals surface area contributed by atoms with Crippen molar-refractivity contribution < 1.29 is 22.8 Å². The molecule has 0 fully saturated rings. The van der Waals surface area contributed by atoms with Crippen molar-refractivity contribution in [2.45, 2.75) is 76.0 Å². The van der Waals surface area contributed by atoms with Crippen LogP contribution in [-0.4, -0.2) is 18.1 Å². The zero-order valence-electron chi connectivity index (χ0n) is 17.1. The van der Waals surface area contributed by atoms with Gasteiger partial charge in [0, 0.05) is 6.07 Å². The minimum absolute atomic E-state index is 0.0252. The first kappa shape index (κ1) is 23.2. The average molecular weight is 421 g/mol. The molecule has 0 aliphatic carbocycles. The molecule has 160 valence electrons.